The standard InChI is InChI=1S/C10H13NO2S/c1-14(2,3)10-9-7(12)5-4-6-8(9)13-11-10/h4-6,12H,1-3H3. The van der Waals surface area contributed by atoms with Crippen LogP contribution in [0.5, 0.6) is 5.75 Å². The van der Waals surface area contributed by atoms with Gasteiger partial charge in [0.05, 0.1) is 5.39 Å². The van der Waals surface area contributed by atoms with Gasteiger partial charge in [0.2, 0.25) is 0 Å². The highest BCUT2D eigenvalue weighted by molar-refractivity contribution is 8.32. The van der Waals surface area contributed by atoms with Crippen LogP contribution in [0.4, 0.5) is 0 Å². The second-order valence-corrected chi connectivity index (χ2v) is 8.04. The molecule has 0 saturated heterocycles. The number of nitrogens with zero attached hydrogens (tertiary/aromatic N) is 1. The molecule has 0 saturated carbocycles. The number of hydrogen-bond donors (Lipinski definition) is 1. The number of phenolic OH excluding ortho intramolecular Hbond substituents is 1. The van der Waals surface area contributed by atoms with Crippen LogP contribution in [0.1, 0.15) is 0 Å². The molecule has 1 aromatic heterocycles. The molecule has 0 aliphatic carbocycles. The minimum Gasteiger partial charge on any atom is -0.507 e. The second kappa shape index (κ2) is 2.92. The van der Waals surface area contributed by atoms with Crippen LogP contribution in [0.2, 0.25) is 0 Å². The van der Waals surface area contributed by atoms with Crippen molar-refractivity contribution < 1.29 is 9.63 Å². The van der Waals surface area contributed by atoms with Crippen molar-refractivity contribution in [2.45, 2.75) is 5.03 Å². The largest absolute Gasteiger partial charge is 0.507 e. The zero-order valence-corrected chi connectivity index (χ0v) is 9.26. The molecule has 2 rings (SSSR count). The SMILES string of the molecule is CS(C)(C)c1noc2cccc(O)c12. The molecule has 4 heteroatoms. The molecule has 3 nitrogen and oxygen atoms in total. The summed E-state index contributed by atoms with van der Waals surface area (Å²) in [5.74, 6) is 0.251. The molecular formula is C10H13NO2S. The summed E-state index contributed by atoms with van der Waals surface area (Å²) in [6, 6.07) is 5.23. The molecule has 1 aromatic carbocycles. The molecule has 1 heterocycles. The Morgan fingerprint density at radius 3 is 2.64 bits per heavy atom. The monoisotopic (exact) mass is 211 g/mol. The number of aromatic hydroxyl groups is 1. The lowest BCUT2D eigenvalue weighted by Gasteiger charge is -2.21. The van der Waals surface area contributed by atoms with Crippen molar-refractivity contribution in [1.29, 1.82) is 0 Å². The Kier molecular flexibility index (Phi) is 1.96. The van der Waals surface area contributed by atoms with Gasteiger partial charge in [-0.1, -0.05) is 11.2 Å². The Labute approximate surface area is 84.0 Å². The van der Waals surface area contributed by atoms with Gasteiger partial charge < -0.3 is 9.63 Å². The first-order valence-electron chi connectivity index (χ1n) is 4.26. The van der Waals surface area contributed by atoms with Gasteiger partial charge >= 0.3 is 0 Å². The van der Waals surface area contributed by atoms with E-state index in [1.165, 1.54) is 0 Å². The molecule has 0 atom stereocenters. The molecule has 0 fully saturated rings. The van der Waals surface area contributed by atoms with Crippen molar-refractivity contribution in [2.75, 3.05) is 18.8 Å². The van der Waals surface area contributed by atoms with E-state index in [9.17, 15) is 5.11 Å². The normalized spacial score (nSPS) is 13.4. The average molecular weight is 211 g/mol. The summed E-state index contributed by atoms with van der Waals surface area (Å²) in [4.78, 5) is 0. The first-order valence-corrected chi connectivity index (χ1v) is 7.11. The van der Waals surface area contributed by atoms with E-state index in [1.807, 2.05) is 6.07 Å². The van der Waals surface area contributed by atoms with Crippen LogP contribution in [-0.2, 0) is 0 Å². The number of fused-ring (bicyclic) bond motifs is 1. The van der Waals surface area contributed by atoms with Crippen LogP contribution < -0.4 is 0 Å². The highest BCUT2D eigenvalue weighted by atomic mass is 32.3. The third-order valence-electron chi connectivity index (χ3n) is 2.03. The van der Waals surface area contributed by atoms with Gasteiger partial charge in [-0.15, -0.1) is 0 Å². The van der Waals surface area contributed by atoms with Gasteiger partial charge in [-0.2, -0.15) is 0 Å². The van der Waals surface area contributed by atoms with E-state index in [-0.39, 0.29) is 5.75 Å². The molecule has 0 aliphatic heterocycles. The topological polar surface area (TPSA) is 46.3 Å². The molecule has 0 unspecified atom stereocenters. The lowest BCUT2D eigenvalue weighted by molar-refractivity contribution is 0.436. The maximum atomic E-state index is 9.72. The van der Waals surface area contributed by atoms with E-state index in [0.717, 1.165) is 10.4 Å². The van der Waals surface area contributed by atoms with Crippen LogP contribution in [0.3, 0.4) is 0 Å². The second-order valence-electron chi connectivity index (χ2n) is 3.98. The maximum Gasteiger partial charge on any atom is 0.171 e. The van der Waals surface area contributed by atoms with E-state index in [4.69, 9.17) is 4.52 Å². The molecule has 14 heavy (non-hydrogen) atoms. The predicted molar refractivity (Wildman–Crippen MR) is 59.3 cm³/mol. The number of aromatic nitrogens is 1. The summed E-state index contributed by atoms with van der Waals surface area (Å²) >= 11 is 0. The third-order valence-corrected chi connectivity index (χ3v) is 3.46. The Hall–Kier alpha value is -1.16. The molecule has 76 valence electrons. The molecule has 1 N–H and O–H groups in total. The van der Waals surface area contributed by atoms with Crippen LogP contribution in [0.25, 0.3) is 11.0 Å². The Balaban J connectivity index is 2.80. The van der Waals surface area contributed by atoms with Crippen molar-refractivity contribution in [1.82, 2.24) is 5.16 Å². The van der Waals surface area contributed by atoms with Crippen molar-refractivity contribution in [3.63, 3.8) is 0 Å². The maximum absolute atomic E-state index is 9.72. The van der Waals surface area contributed by atoms with E-state index in [2.05, 4.69) is 23.9 Å². The zero-order valence-electron chi connectivity index (χ0n) is 8.44. The first-order chi connectivity index (χ1) is 6.50. The summed E-state index contributed by atoms with van der Waals surface area (Å²) in [6.45, 7) is 0. The fraction of sp³-hybridized carbons (Fsp3) is 0.300. The zero-order chi connectivity index (χ0) is 10.3. The third kappa shape index (κ3) is 1.35. The summed E-state index contributed by atoms with van der Waals surface area (Å²) in [5.41, 5.74) is 0.655. The average Bonchev–Trinajstić information content (AvgIpc) is 2.47. The Morgan fingerprint density at radius 2 is 2.00 bits per heavy atom. The number of phenols is 1. The van der Waals surface area contributed by atoms with E-state index in [1.54, 1.807) is 12.1 Å². The van der Waals surface area contributed by atoms with Crippen LogP contribution >= 0.6 is 10.0 Å². The Morgan fingerprint density at radius 1 is 1.29 bits per heavy atom. The van der Waals surface area contributed by atoms with Gasteiger partial charge in [0.25, 0.3) is 0 Å². The quantitative estimate of drug-likeness (QED) is 0.788. The number of benzene rings is 1. The van der Waals surface area contributed by atoms with Gasteiger partial charge in [-0.25, -0.2) is 10.0 Å². The molecule has 0 spiro atoms. The lowest BCUT2D eigenvalue weighted by Crippen LogP contribution is -1.93. The van der Waals surface area contributed by atoms with Crippen LogP contribution in [0.15, 0.2) is 27.7 Å². The molecular weight excluding hydrogens is 198 g/mol. The summed E-state index contributed by atoms with van der Waals surface area (Å²) in [6.07, 6.45) is 6.37. The highest BCUT2D eigenvalue weighted by Gasteiger charge is 2.19. The predicted octanol–water partition coefficient (Wildman–Crippen LogP) is 2.59. The van der Waals surface area contributed by atoms with Gasteiger partial charge in [0.15, 0.2) is 5.58 Å². The van der Waals surface area contributed by atoms with Crippen LogP contribution in [-0.4, -0.2) is 29.0 Å². The Bertz CT molecular complexity index is 470. The van der Waals surface area contributed by atoms with Gasteiger partial charge in [-0.3, -0.25) is 0 Å². The smallest absolute Gasteiger partial charge is 0.171 e. The number of rotatable bonds is 1. The van der Waals surface area contributed by atoms with Crippen molar-refractivity contribution in [3.8, 4) is 5.75 Å². The van der Waals surface area contributed by atoms with Crippen molar-refractivity contribution >= 4 is 21.0 Å². The van der Waals surface area contributed by atoms with Gasteiger partial charge in [-0.05, 0) is 30.9 Å². The van der Waals surface area contributed by atoms with Gasteiger partial charge in [0, 0.05) is 0 Å². The van der Waals surface area contributed by atoms with Crippen molar-refractivity contribution in [2.24, 2.45) is 0 Å². The summed E-state index contributed by atoms with van der Waals surface area (Å²) in [7, 11) is -0.973. The van der Waals surface area contributed by atoms with E-state index < -0.39 is 10.0 Å². The minimum absolute atomic E-state index is 0.251. The number of hydrogen-bond acceptors (Lipinski definition) is 3. The molecule has 0 aliphatic rings. The molecule has 0 amide bonds. The van der Waals surface area contributed by atoms with Gasteiger partial charge in [0.1, 0.15) is 10.8 Å². The lowest BCUT2D eigenvalue weighted by atomic mass is 10.2. The van der Waals surface area contributed by atoms with Crippen LogP contribution in [0, 0.1) is 0 Å². The minimum atomic E-state index is -0.973. The summed E-state index contributed by atoms with van der Waals surface area (Å²) in [5, 5.41) is 15.4. The molecule has 2 aromatic rings. The fourth-order valence-electron chi connectivity index (χ4n) is 1.36. The van der Waals surface area contributed by atoms with E-state index in [0.29, 0.717) is 5.58 Å². The fourth-order valence-corrected chi connectivity index (χ4v) is 2.44. The highest BCUT2D eigenvalue weighted by Crippen LogP contribution is 2.49. The summed E-state index contributed by atoms with van der Waals surface area (Å²) < 4.78 is 5.17. The van der Waals surface area contributed by atoms with E-state index >= 15 is 0 Å². The molecule has 0 radical (unpaired) electrons. The first kappa shape index (κ1) is 9.40. The molecule has 0 bridgehead atoms. The van der Waals surface area contributed by atoms with Crippen molar-refractivity contribution in [3.05, 3.63) is 18.2 Å².